The molecule has 0 aliphatic carbocycles. The van der Waals surface area contributed by atoms with Crippen molar-refractivity contribution < 1.29 is 5.11 Å². The maximum Gasteiger partial charge on any atom is 0.0462 e. The maximum atomic E-state index is 8.14. The van der Waals surface area contributed by atoms with E-state index in [1.165, 1.54) is 0 Å². The van der Waals surface area contributed by atoms with Gasteiger partial charge in [-0.1, -0.05) is 13.3 Å². The molecule has 1 N–H and O–H groups in total. The fourth-order valence-electron chi connectivity index (χ4n) is 0.295. The van der Waals surface area contributed by atoms with Crippen molar-refractivity contribution in [2.75, 3.05) is 6.61 Å². The Morgan fingerprint density at radius 2 is 2.33 bits per heavy atom. The zero-order chi connectivity index (χ0) is 4.83. The summed E-state index contributed by atoms with van der Waals surface area (Å²) >= 11 is 0. The largest absolute Gasteiger partial charge is 0.396 e. The molecule has 0 spiro atoms. The SMILES string of the molecule is CCC[CH]CO. The molecule has 1 heteroatoms. The van der Waals surface area contributed by atoms with E-state index in [9.17, 15) is 0 Å². The highest BCUT2D eigenvalue weighted by atomic mass is 16.2. The summed E-state index contributed by atoms with van der Waals surface area (Å²) in [4.78, 5) is 0. The van der Waals surface area contributed by atoms with Crippen molar-refractivity contribution in [3.05, 3.63) is 6.42 Å². The summed E-state index contributed by atoms with van der Waals surface area (Å²) in [6.45, 7) is 2.32. The summed E-state index contributed by atoms with van der Waals surface area (Å²) in [7, 11) is 0. The number of aliphatic hydroxyl groups excluding tert-OH is 1. The third kappa shape index (κ3) is 3.96. The fourth-order valence-corrected chi connectivity index (χ4v) is 0.295. The molecule has 0 saturated carbocycles. The first-order valence-corrected chi connectivity index (χ1v) is 2.34. The van der Waals surface area contributed by atoms with E-state index < -0.39 is 0 Å². The van der Waals surface area contributed by atoms with Gasteiger partial charge in [0.1, 0.15) is 0 Å². The van der Waals surface area contributed by atoms with Crippen LogP contribution >= 0.6 is 0 Å². The molecule has 0 amide bonds. The summed E-state index contributed by atoms with van der Waals surface area (Å²) in [6, 6.07) is 0. The molecule has 0 saturated heterocycles. The van der Waals surface area contributed by atoms with Gasteiger partial charge in [0.25, 0.3) is 0 Å². The van der Waals surface area contributed by atoms with Crippen LogP contribution in [-0.4, -0.2) is 11.7 Å². The van der Waals surface area contributed by atoms with Crippen LogP contribution in [0, 0.1) is 6.42 Å². The lowest BCUT2D eigenvalue weighted by Gasteiger charge is -1.85. The number of aliphatic hydroxyl groups is 1. The van der Waals surface area contributed by atoms with Gasteiger partial charge in [-0.05, 0) is 12.8 Å². The van der Waals surface area contributed by atoms with E-state index in [1.807, 2.05) is 6.42 Å². The first-order valence-electron chi connectivity index (χ1n) is 2.34. The minimum Gasteiger partial charge on any atom is -0.396 e. The van der Waals surface area contributed by atoms with Crippen molar-refractivity contribution in [2.45, 2.75) is 19.8 Å². The Morgan fingerprint density at radius 1 is 1.67 bits per heavy atom. The topological polar surface area (TPSA) is 20.2 Å². The van der Waals surface area contributed by atoms with E-state index in [4.69, 9.17) is 5.11 Å². The van der Waals surface area contributed by atoms with Crippen LogP contribution in [0.4, 0.5) is 0 Å². The third-order valence-corrected chi connectivity index (χ3v) is 0.622. The average Bonchev–Trinajstić information content (AvgIpc) is 1.61. The minimum atomic E-state index is 0.230. The van der Waals surface area contributed by atoms with Crippen LogP contribution in [0.5, 0.6) is 0 Å². The lowest BCUT2D eigenvalue weighted by Crippen LogP contribution is -1.80. The van der Waals surface area contributed by atoms with Gasteiger partial charge in [0.2, 0.25) is 0 Å². The second kappa shape index (κ2) is 4.96. The second-order valence-corrected chi connectivity index (χ2v) is 1.26. The summed E-state index contributed by atoms with van der Waals surface area (Å²) in [6.07, 6.45) is 4.04. The quantitative estimate of drug-likeness (QED) is 0.509. The van der Waals surface area contributed by atoms with Gasteiger partial charge in [-0.3, -0.25) is 0 Å². The summed E-state index contributed by atoms with van der Waals surface area (Å²) in [5.74, 6) is 0. The smallest absolute Gasteiger partial charge is 0.0462 e. The van der Waals surface area contributed by atoms with Crippen LogP contribution in [0.15, 0.2) is 0 Å². The van der Waals surface area contributed by atoms with E-state index in [0.717, 1.165) is 12.8 Å². The van der Waals surface area contributed by atoms with Gasteiger partial charge < -0.3 is 5.11 Å². The lowest BCUT2D eigenvalue weighted by molar-refractivity contribution is 0.323. The molecular weight excluding hydrogens is 76.1 g/mol. The van der Waals surface area contributed by atoms with Gasteiger partial charge in [0.05, 0.1) is 0 Å². The van der Waals surface area contributed by atoms with Crippen molar-refractivity contribution >= 4 is 0 Å². The van der Waals surface area contributed by atoms with Crippen molar-refractivity contribution in [3.63, 3.8) is 0 Å². The van der Waals surface area contributed by atoms with E-state index in [2.05, 4.69) is 6.92 Å². The zero-order valence-corrected chi connectivity index (χ0v) is 4.15. The van der Waals surface area contributed by atoms with Crippen LogP contribution in [-0.2, 0) is 0 Å². The Morgan fingerprint density at radius 3 is 2.50 bits per heavy atom. The van der Waals surface area contributed by atoms with Crippen molar-refractivity contribution in [3.8, 4) is 0 Å². The zero-order valence-electron chi connectivity index (χ0n) is 4.15. The van der Waals surface area contributed by atoms with E-state index >= 15 is 0 Å². The molecule has 0 aliphatic rings. The predicted molar refractivity (Wildman–Crippen MR) is 26.3 cm³/mol. The highest BCUT2D eigenvalue weighted by molar-refractivity contribution is 4.58. The van der Waals surface area contributed by atoms with Crippen LogP contribution in [0.3, 0.4) is 0 Å². The number of hydrogen-bond acceptors (Lipinski definition) is 1. The Bertz CT molecular complexity index is 15.9. The first-order chi connectivity index (χ1) is 2.91. The molecule has 0 bridgehead atoms. The molecule has 0 atom stereocenters. The molecule has 37 valence electrons. The first kappa shape index (κ1) is 5.96. The van der Waals surface area contributed by atoms with Gasteiger partial charge in [0, 0.05) is 6.61 Å². The molecule has 0 aromatic heterocycles. The molecule has 0 fully saturated rings. The van der Waals surface area contributed by atoms with Gasteiger partial charge in [-0.15, -0.1) is 0 Å². The molecule has 0 heterocycles. The maximum absolute atomic E-state index is 8.14. The van der Waals surface area contributed by atoms with Gasteiger partial charge in [0.15, 0.2) is 0 Å². The van der Waals surface area contributed by atoms with Crippen LogP contribution in [0.1, 0.15) is 19.8 Å². The minimum absolute atomic E-state index is 0.230. The van der Waals surface area contributed by atoms with Crippen molar-refractivity contribution in [1.29, 1.82) is 0 Å². The molecule has 0 rings (SSSR count). The Balaban J connectivity index is 2.34. The summed E-state index contributed by atoms with van der Waals surface area (Å²) in [5, 5.41) is 8.14. The molecule has 0 aromatic carbocycles. The lowest BCUT2D eigenvalue weighted by atomic mass is 10.3. The number of unbranched alkanes of at least 4 members (excludes halogenated alkanes) is 2. The van der Waals surface area contributed by atoms with Gasteiger partial charge >= 0.3 is 0 Å². The van der Waals surface area contributed by atoms with Crippen molar-refractivity contribution in [2.24, 2.45) is 0 Å². The number of hydrogen-bond donors (Lipinski definition) is 1. The predicted octanol–water partition coefficient (Wildman–Crippen LogP) is 0.983. The Labute approximate surface area is 39.0 Å². The summed E-state index contributed by atoms with van der Waals surface area (Å²) in [5.41, 5.74) is 0. The van der Waals surface area contributed by atoms with E-state index in [0.29, 0.717) is 0 Å². The molecule has 0 aliphatic heterocycles. The highest BCUT2D eigenvalue weighted by Gasteiger charge is 1.76. The molecular formula is C5H11O. The normalized spacial score (nSPS) is 9.00. The monoisotopic (exact) mass is 87.1 g/mol. The summed E-state index contributed by atoms with van der Waals surface area (Å²) < 4.78 is 0. The highest BCUT2D eigenvalue weighted by Crippen LogP contribution is 1.87. The van der Waals surface area contributed by atoms with Gasteiger partial charge in [-0.2, -0.15) is 0 Å². The van der Waals surface area contributed by atoms with E-state index in [-0.39, 0.29) is 6.61 Å². The molecule has 0 aromatic rings. The fraction of sp³-hybridized carbons (Fsp3) is 0.800. The average molecular weight is 87.1 g/mol. The van der Waals surface area contributed by atoms with Crippen LogP contribution < -0.4 is 0 Å². The second-order valence-electron chi connectivity index (χ2n) is 1.26. The molecule has 6 heavy (non-hydrogen) atoms. The van der Waals surface area contributed by atoms with Crippen LogP contribution in [0.2, 0.25) is 0 Å². The Kier molecular flexibility index (Phi) is 4.93. The standard InChI is InChI=1S/C5H11O/c1-2-3-4-5-6/h4,6H,2-3,5H2,1H3. The number of rotatable bonds is 3. The van der Waals surface area contributed by atoms with E-state index in [1.54, 1.807) is 0 Å². The third-order valence-electron chi connectivity index (χ3n) is 0.622. The Hall–Kier alpha value is -0.0400. The molecule has 0 unspecified atom stereocenters. The molecule has 1 nitrogen and oxygen atoms in total. The molecule has 1 radical (unpaired) electrons. The van der Waals surface area contributed by atoms with Crippen molar-refractivity contribution in [1.82, 2.24) is 0 Å². The van der Waals surface area contributed by atoms with Gasteiger partial charge in [-0.25, -0.2) is 0 Å². The van der Waals surface area contributed by atoms with Crippen LogP contribution in [0.25, 0.3) is 0 Å².